The van der Waals surface area contributed by atoms with Gasteiger partial charge in [-0.15, -0.1) is 56.7 Å². The lowest BCUT2D eigenvalue weighted by Gasteiger charge is -2.25. The molecule has 704 valence electrons. The molecule has 0 radical (unpaired) electrons. The summed E-state index contributed by atoms with van der Waals surface area (Å²) in [5.41, 5.74) is 10.8. The maximum Gasteiger partial charge on any atom is 0.272 e. The Hall–Kier alpha value is -11.6. The van der Waals surface area contributed by atoms with Gasteiger partial charge in [0.25, 0.3) is 11.4 Å². The largest absolute Gasteiger partial charge is 0.505 e. The average Bonchev–Trinajstić information content (AvgIpc) is 1.62. The molecule has 15 heterocycles. The number of anilines is 2. The van der Waals surface area contributed by atoms with Crippen LogP contribution in [0.1, 0.15) is 34.7 Å². The number of aromatic nitrogens is 5. The Morgan fingerprint density at radius 2 is 0.837 bits per heavy atom. The highest BCUT2D eigenvalue weighted by Crippen LogP contribution is 2.42. The molecule has 6 N–H and O–H groups in total. The first-order valence-corrected chi connectivity index (χ1v) is 47.5. The van der Waals surface area contributed by atoms with Crippen LogP contribution in [0.5, 0.6) is 40.2 Å². The van der Waals surface area contributed by atoms with Crippen molar-refractivity contribution in [3.8, 4) is 40.2 Å². The number of carbonyl (C=O) groups excluding carboxylic acids is 2. The maximum atomic E-state index is 14.9. The highest BCUT2D eigenvalue weighted by molar-refractivity contribution is 7.80. The number of amides is 1. The third-order valence-corrected chi connectivity index (χ3v) is 27.2. The number of nitrogens with two attached hydrogens (primary N) is 1. The fourth-order valence-corrected chi connectivity index (χ4v) is 19.8. The van der Waals surface area contributed by atoms with E-state index in [-0.39, 0.29) is 46.1 Å². The Labute approximate surface area is 806 Å². The number of ether oxygens (including phenoxy) is 8. The Balaban J connectivity index is 0.000000133. The van der Waals surface area contributed by atoms with E-state index in [4.69, 9.17) is 84.2 Å². The van der Waals surface area contributed by atoms with Gasteiger partial charge in [0.05, 0.1) is 160 Å². The number of thiocarbonyl (C=S) groups is 1. The number of hydrogen-bond donors (Lipinski definition) is 5. The van der Waals surface area contributed by atoms with E-state index in [0.717, 1.165) is 249 Å². The fourth-order valence-electron chi connectivity index (χ4n) is 13.8. The molecule has 20 rings (SSSR count). The summed E-state index contributed by atoms with van der Waals surface area (Å²) in [5.74, 6) is -1.83. The third kappa shape index (κ3) is 29.2. The molecular formula is C93H89Cl2F4N15O15S6. The van der Waals surface area contributed by atoms with Crippen LogP contribution in [0.4, 0.5) is 40.3 Å². The van der Waals surface area contributed by atoms with E-state index in [1.54, 1.807) is 125 Å². The second-order valence-electron chi connectivity index (χ2n) is 30.2. The molecule has 0 atom stereocenters. The number of nitrogen functional groups attached to an aromatic ring is 1. The van der Waals surface area contributed by atoms with Gasteiger partial charge in [-0.25, -0.2) is 17.6 Å². The lowest BCUT2D eigenvalue weighted by molar-refractivity contribution is -0.385. The molecule has 42 heteroatoms. The second kappa shape index (κ2) is 49.7. The van der Waals surface area contributed by atoms with Gasteiger partial charge in [-0.1, -0.05) is 53.5 Å². The van der Waals surface area contributed by atoms with E-state index in [2.05, 4.69) is 78.7 Å². The number of hydrogen-bond acceptors (Lipinski definition) is 32. The number of nitrogens with zero attached hydrogens (tertiary/aromatic N) is 11. The Morgan fingerprint density at radius 3 is 1.21 bits per heavy atom. The van der Waals surface area contributed by atoms with Gasteiger partial charge in [0.2, 0.25) is 5.91 Å². The molecule has 135 heavy (non-hydrogen) atoms. The van der Waals surface area contributed by atoms with E-state index in [9.17, 15) is 47.4 Å². The van der Waals surface area contributed by atoms with Gasteiger partial charge in [-0.05, 0) is 96.6 Å². The zero-order chi connectivity index (χ0) is 94.5. The van der Waals surface area contributed by atoms with Crippen molar-refractivity contribution in [1.29, 1.82) is 0 Å². The van der Waals surface area contributed by atoms with Crippen LogP contribution in [0.25, 0.3) is 51.1 Å². The van der Waals surface area contributed by atoms with Gasteiger partial charge < -0.3 is 64.7 Å². The van der Waals surface area contributed by atoms with Gasteiger partial charge in [0.15, 0.2) is 57.7 Å². The van der Waals surface area contributed by atoms with Gasteiger partial charge in [-0.2, -0.15) is 0 Å². The number of aldehydes is 1. The summed E-state index contributed by atoms with van der Waals surface area (Å²) in [6, 6.07) is 42.9. The summed E-state index contributed by atoms with van der Waals surface area (Å²) in [7, 11) is 0. The fraction of sp³-hybridized carbons (Fsp3) is 0.269. The number of non-ortho nitro benzene ring substituents is 2. The Morgan fingerprint density at radius 1 is 0.467 bits per heavy atom. The second-order valence-corrected chi connectivity index (χ2v) is 37.0. The van der Waals surface area contributed by atoms with Gasteiger partial charge in [-0.3, -0.25) is 74.3 Å². The average molecular weight is 2000 g/mol. The van der Waals surface area contributed by atoms with Crippen LogP contribution in [0.2, 0.25) is 10.0 Å². The van der Waals surface area contributed by atoms with Crippen LogP contribution in [-0.4, -0.2) is 208 Å². The van der Waals surface area contributed by atoms with Crippen molar-refractivity contribution in [3.63, 3.8) is 0 Å². The van der Waals surface area contributed by atoms with Crippen LogP contribution in [0, 0.1) is 43.5 Å². The molecule has 0 spiro atoms. The number of halogens is 6. The van der Waals surface area contributed by atoms with Crippen LogP contribution in [-0.2, 0) is 61.1 Å². The molecule has 5 aromatic carbocycles. The van der Waals surface area contributed by atoms with Gasteiger partial charge >= 0.3 is 0 Å². The van der Waals surface area contributed by atoms with Crippen LogP contribution in [0.15, 0.2) is 195 Å². The number of nitro benzene ring substituents is 2. The zero-order valence-electron chi connectivity index (χ0n) is 72.1. The number of thiophene rings is 5. The number of carbonyl (C=O) groups is 2. The van der Waals surface area contributed by atoms with Crippen molar-refractivity contribution in [2.24, 2.45) is 0 Å². The first-order valence-electron chi connectivity index (χ1n) is 42.3. The zero-order valence-corrected chi connectivity index (χ0v) is 78.5. The summed E-state index contributed by atoms with van der Waals surface area (Å²) in [5, 5.41) is 39.6. The Kier molecular flexibility index (Phi) is 36.6. The first-order chi connectivity index (χ1) is 65.6. The molecule has 5 saturated heterocycles. The standard InChI is InChI=1S/C27H25FN4O3S2.C18H16FN3O4S.C18H18FN3O2S.C12H13ClN2OS.C8H4ClNOS.C6H4FNO3.C4H9NO/c28-21-15-19(30-27(36)31-25(33)14-18-4-2-1-3-5-18)6-7-23(21)35-24-8-9-29-22-16-20(37-26(22)24)17-32-10-12-34-13-11-32;19-14-9-12(22(23)24)1-2-16(14)26-17-3-4-20-15-10-13(27-18(15)17)11-21-5-7-25-8-6-21;19-14-9-12(20)1-2-16(14)24-17-3-4-21-15-10-13(25-18(15)17)11-22-5-7-23-8-6-22;13-10-1-2-14-11-7-9(17-12(10)11)8-15-3-5-16-6-4-15;9-6-1-2-10-7-3-5(4-11)12-8(6)7;7-5-3-4(8(10)11)1-2-6(5)9;1-3-6-4-2-5-1/h1-9,15-16H,10-14,17H2,(H2,30,31,33,36);1-4,9-10H,5-8,11H2;1-4,9-10H,5-8,11,20H2;1-2,7H,3-6,8H2;1-4H;1-3,9H;5H,1-4H2. The molecule has 10 aromatic heterocycles. The minimum atomic E-state index is -0.987. The summed E-state index contributed by atoms with van der Waals surface area (Å²) in [4.78, 5) is 78.6. The molecule has 0 unspecified atom stereocenters. The molecule has 30 nitrogen and oxygen atoms in total. The van der Waals surface area contributed by atoms with Crippen LogP contribution < -0.4 is 35.9 Å². The minimum absolute atomic E-state index is 0.0590. The maximum absolute atomic E-state index is 14.9. The highest BCUT2D eigenvalue weighted by atomic mass is 35.5. The van der Waals surface area contributed by atoms with E-state index >= 15 is 0 Å². The van der Waals surface area contributed by atoms with E-state index in [0.29, 0.717) is 44.6 Å². The summed E-state index contributed by atoms with van der Waals surface area (Å²) < 4.78 is 104. The topological polar surface area (TPSA) is 354 Å². The van der Waals surface area contributed by atoms with Crippen LogP contribution in [0.3, 0.4) is 0 Å². The van der Waals surface area contributed by atoms with E-state index in [1.165, 1.54) is 56.3 Å². The minimum Gasteiger partial charge on any atom is -0.505 e. The number of nitro groups is 2. The van der Waals surface area contributed by atoms with E-state index < -0.39 is 38.9 Å². The van der Waals surface area contributed by atoms with Crippen molar-refractivity contribution >= 4 is 183 Å². The predicted octanol–water partition coefficient (Wildman–Crippen LogP) is 19.3. The summed E-state index contributed by atoms with van der Waals surface area (Å²) >= 11 is 25.1. The normalized spacial score (nSPS) is 14.7. The molecule has 5 fully saturated rings. The van der Waals surface area contributed by atoms with Crippen LogP contribution >= 0.6 is 92.1 Å². The molecule has 0 bridgehead atoms. The summed E-state index contributed by atoms with van der Waals surface area (Å²) in [6.45, 7) is 20.9. The van der Waals surface area contributed by atoms with Gasteiger partial charge in [0, 0.05) is 196 Å². The van der Waals surface area contributed by atoms with Crippen molar-refractivity contribution in [2.75, 3.05) is 143 Å². The lowest BCUT2D eigenvalue weighted by atomic mass is 10.1. The number of phenols is 1. The van der Waals surface area contributed by atoms with Crippen molar-refractivity contribution < 1.29 is 80.0 Å². The Bertz CT molecular complexity index is 6550. The monoisotopic (exact) mass is 1990 g/mol. The third-order valence-electron chi connectivity index (χ3n) is 20.5. The van der Waals surface area contributed by atoms with Crippen molar-refractivity contribution in [2.45, 2.75) is 32.6 Å². The molecule has 15 aromatic rings. The molecular weight excluding hydrogens is 1910 g/mol. The van der Waals surface area contributed by atoms with Gasteiger partial charge in [0.1, 0.15) is 17.2 Å². The van der Waals surface area contributed by atoms with Crippen molar-refractivity contribution in [1.82, 2.24) is 55.2 Å². The highest BCUT2D eigenvalue weighted by Gasteiger charge is 2.23. The SMILES string of the molecule is C1COCCN1.Clc1ccnc2cc(CN3CCOCC3)sc12.Nc1ccc(Oc2ccnc3cc(CN4CCOCC4)sc23)c(F)c1.O=C(Cc1ccccc1)NC(=S)Nc1ccc(Oc2ccnc3cc(CN4CCOCC4)sc23)c(F)c1.O=Cc1cc2nccc(Cl)c2s1.O=[N+]([O-])c1ccc(O)c(F)c1.O=[N+]([O-])c1ccc(Oc2ccnc3cc(CN4CCOCC4)sc23)c(F)c1. The molecule has 5 aliphatic rings. The molecule has 5 aliphatic heterocycles. The summed E-state index contributed by atoms with van der Waals surface area (Å²) in [6.07, 6.45) is 9.34. The number of pyridine rings is 5. The molecule has 0 saturated carbocycles. The smallest absolute Gasteiger partial charge is 0.272 e. The van der Waals surface area contributed by atoms with Crippen molar-refractivity contribution in [3.05, 3.63) is 278 Å². The molecule has 1 amide bonds. The molecule has 0 aliphatic carbocycles. The number of rotatable bonds is 20. The lowest BCUT2D eigenvalue weighted by Crippen LogP contribution is -2.35. The quantitative estimate of drug-likeness (QED) is 0.0118. The first kappa shape index (κ1) is 99.3. The number of fused-ring (bicyclic) bond motifs is 5. The number of nitrogens with one attached hydrogen (secondary N) is 3. The predicted molar refractivity (Wildman–Crippen MR) is 521 cm³/mol. The number of benzene rings is 5. The van der Waals surface area contributed by atoms with E-state index in [1.807, 2.05) is 42.5 Å². The number of aromatic hydroxyl groups is 1. The number of morpholine rings is 5. The number of phenolic OH excluding ortho intramolecular Hbond substituents is 1.